The molecule has 0 spiro atoms. The van der Waals surface area contributed by atoms with Gasteiger partial charge in [0.05, 0.1) is 17.4 Å². The van der Waals surface area contributed by atoms with E-state index in [-0.39, 0.29) is 5.91 Å². The Balaban J connectivity index is 1.48. The molecule has 1 aromatic carbocycles. The number of thioether (sulfide) groups is 1. The molecule has 0 aliphatic heterocycles. The van der Waals surface area contributed by atoms with Crippen molar-refractivity contribution in [2.75, 3.05) is 4.90 Å². The highest BCUT2D eigenvalue weighted by Gasteiger charge is 2.22. The van der Waals surface area contributed by atoms with E-state index in [4.69, 9.17) is 0 Å². The van der Waals surface area contributed by atoms with Gasteiger partial charge in [-0.1, -0.05) is 36.7 Å². The maximum absolute atomic E-state index is 12.3. The molecule has 9 heteroatoms. The molecule has 1 fully saturated rings. The molecule has 0 N–H and O–H groups in total. The van der Waals surface area contributed by atoms with E-state index < -0.39 is 0 Å². The summed E-state index contributed by atoms with van der Waals surface area (Å²) >= 11 is 3.07. The van der Waals surface area contributed by atoms with Crippen LogP contribution < -0.4 is 4.90 Å². The Hall–Kier alpha value is -2.26. The zero-order chi connectivity index (χ0) is 19.5. The van der Waals surface area contributed by atoms with E-state index in [2.05, 4.69) is 20.5 Å². The Kier molecular flexibility index (Phi) is 5.72. The lowest BCUT2D eigenvalue weighted by atomic mass is 10.2. The first-order valence-electron chi connectivity index (χ1n) is 9.34. The molecule has 2 heterocycles. The van der Waals surface area contributed by atoms with E-state index in [1.807, 2.05) is 41.3 Å². The fourth-order valence-electron chi connectivity index (χ4n) is 3.46. The molecule has 3 aromatic rings. The van der Waals surface area contributed by atoms with E-state index in [1.165, 1.54) is 24.2 Å². The van der Waals surface area contributed by atoms with Crippen molar-refractivity contribution < 1.29 is 4.79 Å². The second kappa shape index (κ2) is 8.40. The third-order valence-electron chi connectivity index (χ3n) is 4.79. The van der Waals surface area contributed by atoms with Crippen LogP contribution >= 0.6 is 23.1 Å². The van der Waals surface area contributed by atoms with E-state index in [1.54, 1.807) is 23.6 Å². The van der Waals surface area contributed by atoms with Crippen LogP contribution in [0.4, 0.5) is 10.8 Å². The molecule has 0 atom stereocenters. The maximum Gasteiger partial charge on any atom is 0.230 e. The number of aryl methyl sites for hydroxylation is 1. The largest absolute Gasteiger partial charge is 0.274 e. The van der Waals surface area contributed by atoms with Gasteiger partial charge in [0.25, 0.3) is 0 Å². The number of benzene rings is 1. The number of carbonyl (C=O) groups is 1. The van der Waals surface area contributed by atoms with E-state index in [0.29, 0.717) is 16.9 Å². The van der Waals surface area contributed by atoms with Crippen molar-refractivity contribution in [3.05, 3.63) is 40.9 Å². The molecule has 0 unspecified atom stereocenters. The number of hydrogen-bond acceptors (Lipinski definition) is 7. The quantitative estimate of drug-likeness (QED) is 0.552. The first-order valence-corrected chi connectivity index (χ1v) is 11.2. The minimum Gasteiger partial charge on any atom is -0.274 e. The van der Waals surface area contributed by atoms with Gasteiger partial charge in [0.1, 0.15) is 0 Å². The molecule has 1 aliphatic carbocycles. The minimum absolute atomic E-state index is 0.0515. The molecular weight excluding hydrogens is 392 g/mol. The first kappa shape index (κ1) is 19.1. The van der Waals surface area contributed by atoms with Crippen molar-refractivity contribution in [3.63, 3.8) is 0 Å². The molecule has 146 valence electrons. The lowest BCUT2D eigenvalue weighted by molar-refractivity contribution is -0.115. The predicted octanol–water partition coefficient (Wildman–Crippen LogP) is 4.53. The number of thiazole rings is 1. The van der Waals surface area contributed by atoms with Crippen molar-refractivity contribution >= 4 is 39.8 Å². The summed E-state index contributed by atoms with van der Waals surface area (Å²) in [6, 6.07) is 8.30. The van der Waals surface area contributed by atoms with Gasteiger partial charge < -0.3 is 0 Å². The molecule has 1 saturated carbocycles. The number of rotatable bonds is 6. The summed E-state index contributed by atoms with van der Waals surface area (Å²) < 4.78 is 1.96. The average molecular weight is 415 g/mol. The molecule has 7 nitrogen and oxygen atoms in total. The summed E-state index contributed by atoms with van der Waals surface area (Å²) in [5.41, 5.74) is 2.87. The standard InChI is InChI=1S/C19H22N6OS2/c1-13-6-5-9-17(10-13)24(14(2)26)18-20-15(11-27-18)12-28-19-21-22-23-25(19)16-7-3-4-8-16/h5-6,9-11,16H,3-4,7-8,12H2,1-2H3. The van der Waals surface area contributed by atoms with Crippen LogP contribution in [0.1, 0.15) is 49.9 Å². The van der Waals surface area contributed by atoms with Gasteiger partial charge in [-0.2, -0.15) is 0 Å². The van der Waals surface area contributed by atoms with Crippen LogP contribution in [0.5, 0.6) is 0 Å². The number of amides is 1. The van der Waals surface area contributed by atoms with Crippen molar-refractivity contribution in [3.8, 4) is 0 Å². The molecule has 28 heavy (non-hydrogen) atoms. The average Bonchev–Trinajstić information content (AvgIpc) is 3.41. The Morgan fingerprint density at radius 2 is 2.18 bits per heavy atom. The van der Waals surface area contributed by atoms with Crippen molar-refractivity contribution in [2.45, 2.75) is 56.5 Å². The number of aromatic nitrogens is 5. The molecule has 0 bridgehead atoms. The Morgan fingerprint density at radius 1 is 1.36 bits per heavy atom. The summed E-state index contributed by atoms with van der Waals surface area (Å²) in [4.78, 5) is 18.6. The fraction of sp³-hybridized carbons (Fsp3) is 0.421. The summed E-state index contributed by atoms with van der Waals surface area (Å²) in [6.45, 7) is 3.58. The molecule has 0 radical (unpaired) electrons. The highest BCUT2D eigenvalue weighted by Crippen LogP contribution is 2.34. The minimum atomic E-state index is -0.0515. The fourth-order valence-corrected chi connectivity index (χ4v) is 5.29. The van der Waals surface area contributed by atoms with E-state index >= 15 is 0 Å². The second-order valence-corrected chi connectivity index (χ2v) is 8.73. The van der Waals surface area contributed by atoms with Gasteiger partial charge in [-0.15, -0.1) is 16.4 Å². The number of tetrazole rings is 1. The molecule has 1 aliphatic rings. The van der Waals surface area contributed by atoms with Crippen LogP contribution in [0, 0.1) is 6.92 Å². The first-order chi connectivity index (χ1) is 13.6. The highest BCUT2D eigenvalue weighted by atomic mass is 32.2. The number of anilines is 2. The van der Waals surface area contributed by atoms with Crippen LogP contribution in [-0.2, 0) is 10.5 Å². The van der Waals surface area contributed by atoms with Crippen LogP contribution in [-0.4, -0.2) is 31.1 Å². The van der Waals surface area contributed by atoms with Crippen LogP contribution in [0.15, 0.2) is 34.8 Å². The van der Waals surface area contributed by atoms with Gasteiger partial charge in [-0.3, -0.25) is 9.69 Å². The van der Waals surface area contributed by atoms with Crippen LogP contribution in [0.25, 0.3) is 0 Å². The molecular formula is C19H22N6OS2. The SMILES string of the molecule is CC(=O)N(c1cccc(C)c1)c1nc(CSc2nnnn2C2CCCC2)cs1. The molecule has 4 rings (SSSR count). The van der Waals surface area contributed by atoms with Gasteiger partial charge in [-0.25, -0.2) is 9.67 Å². The zero-order valence-corrected chi connectivity index (χ0v) is 17.5. The smallest absolute Gasteiger partial charge is 0.230 e. The van der Waals surface area contributed by atoms with Crippen LogP contribution in [0.3, 0.4) is 0 Å². The lowest BCUT2D eigenvalue weighted by Crippen LogP contribution is -2.22. The third kappa shape index (κ3) is 4.10. The predicted molar refractivity (Wildman–Crippen MR) is 111 cm³/mol. The molecule has 2 aromatic heterocycles. The van der Waals surface area contributed by atoms with Gasteiger partial charge in [-0.05, 0) is 47.9 Å². The Morgan fingerprint density at radius 3 is 2.93 bits per heavy atom. The van der Waals surface area contributed by atoms with Gasteiger partial charge in [0.2, 0.25) is 11.1 Å². The van der Waals surface area contributed by atoms with Crippen molar-refractivity contribution in [1.29, 1.82) is 0 Å². The molecule has 1 amide bonds. The number of carbonyl (C=O) groups excluding carboxylic acids is 1. The molecule has 0 saturated heterocycles. The topological polar surface area (TPSA) is 76.8 Å². The Bertz CT molecular complexity index is 963. The summed E-state index contributed by atoms with van der Waals surface area (Å²) in [6.07, 6.45) is 4.76. The Labute approximate surface area is 172 Å². The van der Waals surface area contributed by atoms with E-state index in [0.717, 1.165) is 34.9 Å². The maximum atomic E-state index is 12.3. The normalized spacial score (nSPS) is 14.5. The van der Waals surface area contributed by atoms with Crippen LogP contribution in [0.2, 0.25) is 0 Å². The van der Waals surface area contributed by atoms with Gasteiger partial charge >= 0.3 is 0 Å². The lowest BCUT2D eigenvalue weighted by Gasteiger charge is -2.18. The summed E-state index contributed by atoms with van der Waals surface area (Å²) in [5.74, 6) is 0.618. The highest BCUT2D eigenvalue weighted by molar-refractivity contribution is 7.98. The van der Waals surface area contributed by atoms with Crippen molar-refractivity contribution in [1.82, 2.24) is 25.2 Å². The van der Waals surface area contributed by atoms with Gasteiger partial charge in [0, 0.05) is 18.1 Å². The zero-order valence-electron chi connectivity index (χ0n) is 15.9. The number of hydrogen-bond donors (Lipinski definition) is 0. The third-order valence-corrected chi connectivity index (χ3v) is 6.63. The second-order valence-electron chi connectivity index (χ2n) is 6.95. The number of nitrogens with zero attached hydrogens (tertiary/aromatic N) is 6. The summed E-state index contributed by atoms with van der Waals surface area (Å²) in [7, 11) is 0. The monoisotopic (exact) mass is 414 g/mol. The summed E-state index contributed by atoms with van der Waals surface area (Å²) in [5, 5.41) is 15.7. The van der Waals surface area contributed by atoms with Crippen molar-refractivity contribution in [2.24, 2.45) is 0 Å². The van der Waals surface area contributed by atoms with E-state index in [9.17, 15) is 4.79 Å². The van der Waals surface area contributed by atoms with Gasteiger partial charge in [0.15, 0.2) is 5.13 Å².